The molecular weight excluding hydrogens is 200 g/mol. The van der Waals surface area contributed by atoms with Crippen molar-refractivity contribution >= 4 is 0 Å². The van der Waals surface area contributed by atoms with Gasteiger partial charge in [0.15, 0.2) is 0 Å². The summed E-state index contributed by atoms with van der Waals surface area (Å²) in [6.07, 6.45) is 0. The fraction of sp³-hybridized carbons (Fsp3) is 0.308. The molecule has 3 heteroatoms. The Morgan fingerprint density at radius 1 is 1.25 bits per heavy atom. The lowest BCUT2D eigenvalue weighted by molar-refractivity contribution is 0.758. The largest absolute Gasteiger partial charge is 0.295 e. The highest BCUT2D eigenvalue weighted by Gasteiger charge is 2.08. The molecule has 84 valence electrons. The van der Waals surface area contributed by atoms with Crippen molar-refractivity contribution in [2.24, 2.45) is 0 Å². The Morgan fingerprint density at radius 3 is 2.50 bits per heavy atom. The fourth-order valence-electron chi connectivity index (χ4n) is 1.70. The molecule has 1 aromatic heterocycles. The number of para-hydroxylation sites is 1. The number of nitrogens with zero attached hydrogens (tertiary/aromatic N) is 1. The van der Waals surface area contributed by atoms with Crippen LogP contribution in [0.1, 0.15) is 31.0 Å². The van der Waals surface area contributed by atoms with E-state index < -0.39 is 0 Å². The Labute approximate surface area is 94.7 Å². The minimum atomic E-state index is -0.00185. The van der Waals surface area contributed by atoms with Crippen LogP contribution in [0.2, 0.25) is 0 Å². The van der Waals surface area contributed by atoms with Gasteiger partial charge in [0, 0.05) is 11.8 Å². The number of aromatic amines is 1. The van der Waals surface area contributed by atoms with Gasteiger partial charge in [-0.05, 0) is 24.5 Å². The lowest BCUT2D eigenvalue weighted by atomic mass is 10.1. The van der Waals surface area contributed by atoms with Gasteiger partial charge >= 0.3 is 0 Å². The van der Waals surface area contributed by atoms with Crippen molar-refractivity contribution in [3.05, 3.63) is 51.9 Å². The van der Waals surface area contributed by atoms with Crippen molar-refractivity contribution in [3.63, 3.8) is 0 Å². The maximum atomic E-state index is 11.8. The van der Waals surface area contributed by atoms with Crippen LogP contribution in [0.25, 0.3) is 5.69 Å². The summed E-state index contributed by atoms with van der Waals surface area (Å²) >= 11 is 0. The number of aromatic nitrogens is 2. The molecule has 2 rings (SSSR count). The Morgan fingerprint density at radius 2 is 1.94 bits per heavy atom. The number of hydrogen-bond donors (Lipinski definition) is 1. The van der Waals surface area contributed by atoms with E-state index in [9.17, 15) is 4.79 Å². The van der Waals surface area contributed by atoms with Gasteiger partial charge in [0.2, 0.25) is 0 Å². The van der Waals surface area contributed by atoms with Crippen LogP contribution < -0.4 is 5.56 Å². The van der Waals surface area contributed by atoms with Gasteiger partial charge in [-0.25, -0.2) is 4.68 Å². The summed E-state index contributed by atoms with van der Waals surface area (Å²) in [5, 5.41) is 3.14. The molecule has 16 heavy (non-hydrogen) atoms. The van der Waals surface area contributed by atoms with Gasteiger partial charge in [-0.3, -0.25) is 9.89 Å². The van der Waals surface area contributed by atoms with Crippen molar-refractivity contribution in [2.75, 3.05) is 0 Å². The summed E-state index contributed by atoms with van der Waals surface area (Å²) < 4.78 is 1.60. The molecule has 0 saturated carbocycles. The molecule has 0 aliphatic heterocycles. The molecule has 0 spiro atoms. The summed E-state index contributed by atoms with van der Waals surface area (Å²) in [6.45, 7) is 6.12. The molecule has 1 aromatic carbocycles. The predicted octanol–water partition coefficient (Wildman–Crippen LogP) is 2.60. The molecule has 0 fully saturated rings. The maximum absolute atomic E-state index is 11.8. The Hall–Kier alpha value is -1.77. The van der Waals surface area contributed by atoms with E-state index in [-0.39, 0.29) is 5.56 Å². The molecule has 0 saturated heterocycles. The first-order valence-corrected chi connectivity index (χ1v) is 5.47. The van der Waals surface area contributed by atoms with E-state index in [1.807, 2.05) is 31.2 Å². The molecule has 2 aromatic rings. The van der Waals surface area contributed by atoms with Crippen molar-refractivity contribution in [1.29, 1.82) is 0 Å². The summed E-state index contributed by atoms with van der Waals surface area (Å²) in [7, 11) is 0. The third kappa shape index (κ3) is 1.81. The van der Waals surface area contributed by atoms with Crippen molar-refractivity contribution in [3.8, 4) is 5.69 Å². The third-order valence-corrected chi connectivity index (χ3v) is 2.72. The average Bonchev–Trinajstić information content (AvgIpc) is 2.61. The molecule has 3 nitrogen and oxygen atoms in total. The second-order valence-corrected chi connectivity index (χ2v) is 4.33. The highest BCUT2D eigenvalue weighted by molar-refractivity contribution is 5.39. The zero-order valence-corrected chi connectivity index (χ0v) is 9.82. The summed E-state index contributed by atoms with van der Waals surface area (Å²) in [5.41, 5.74) is 2.97. The van der Waals surface area contributed by atoms with E-state index in [0.29, 0.717) is 5.92 Å². The molecular formula is C13H16N2O. The Balaban J connectivity index is 2.57. The van der Waals surface area contributed by atoms with E-state index in [1.165, 1.54) is 0 Å². The van der Waals surface area contributed by atoms with Crippen LogP contribution >= 0.6 is 0 Å². The van der Waals surface area contributed by atoms with Crippen LogP contribution in [0.5, 0.6) is 0 Å². The monoisotopic (exact) mass is 216 g/mol. The predicted molar refractivity (Wildman–Crippen MR) is 65.2 cm³/mol. The first kappa shape index (κ1) is 10.7. The highest BCUT2D eigenvalue weighted by atomic mass is 16.1. The molecule has 0 bridgehead atoms. The van der Waals surface area contributed by atoms with E-state index >= 15 is 0 Å². The first-order valence-electron chi connectivity index (χ1n) is 5.47. The summed E-state index contributed by atoms with van der Waals surface area (Å²) in [4.78, 5) is 11.8. The zero-order chi connectivity index (χ0) is 11.7. The van der Waals surface area contributed by atoms with E-state index in [1.54, 1.807) is 10.7 Å². The van der Waals surface area contributed by atoms with Crippen LogP contribution in [-0.4, -0.2) is 9.78 Å². The van der Waals surface area contributed by atoms with Crippen LogP contribution in [0.15, 0.2) is 35.1 Å². The van der Waals surface area contributed by atoms with Gasteiger partial charge in [-0.1, -0.05) is 32.0 Å². The molecule has 0 radical (unpaired) electrons. The quantitative estimate of drug-likeness (QED) is 0.823. The molecule has 1 N–H and O–H groups in total. The summed E-state index contributed by atoms with van der Waals surface area (Å²) in [6, 6.07) is 9.51. The van der Waals surface area contributed by atoms with E-state index in [0.717, 1.165) is 16.9 Å². The normalized spacial score (nSPS) is 11.0. The maximum Gasteiger partial charge on any atom is 0.271 e. The lowest BCUT2D eigenvalue weighted by Crippen LogP contribution is -2.14. The number of aryl methyl sites for hydroxylation is 1. The molecule has 0 atom stereocenters. The minimum Gasteiger partial charge on any atom is -0.295 e. The second kappa shape index (κ2) is 4.00. The summed E-state index contributed by atoms with van der Waals surface area (Å²) in [5.74, 6) is 0.331. The van der Waals surface area contributed by atoms with Gasteiger partial charge in [0.1, 0.15) is 0 Å². The van der Waals surface area contributed by atoms with Gasteiger partial charge in [0.25, 0.3) is 5.56 Å². The number of hydrogen-bond acceptors (Lipinski definition) is 1. The van der Waals surface area contributed by atoms with Gasteiger partial charge in [-0.15, -0.1) is 0 Å². The third-order valence-electron chi connectivity index (χ3n) is 2.72. The van der Waals surface area contributed by atoms with Crippen molar-refractivity contribution in [1.82, 2.24) is 9.78 Å². The van der Waals surface area contributed by atoms with Crippen molar-refractivity contribution < 1.29 is 0 Å². The second-order valence-electron chi connectivity index (χ2n) is 4.33. The van der Waals surface area contributed by atoms with Gasteiger partial charge < -0.3 is 0 Å². The number of rotatable bonds is 2. The van der Waals surface area contributed by atoms with Crippen LogP contribution in [0.4, 0.5) is 0 Å². The number of benzene rings is 1. The topological polar surface area (TPSA) is 37.8 Å². The van der Waals surface area contributed by atoms with Crippen LogP contribution in [0, 0.1) is 6.92 Å². The first-order chi connectivity index (χ1) is 7.59. The molecule has 1 heterocycles. The molecule has 0 aliphatic rings. The Kier molecular flexibility index (Phi) is 2.69. The van der Waals surface area contributed by atoms with Crippen LogP contribution in [-0.2, 0) is 0 Å². The standard InChI is InChI=1S/C13H16N2O/c1-9(2)11-8-13(16)15(14-11)12-7-5-4-6-10(12)3/h4-9,14H,1-3H3. The lowest BCUT2D eigenvalue weighted by Gasteiger charge is -2.06. The number of nitrogens with one attached hydrogen (secondary N) is 1. The minimum absolute atomic E-state index is 0.00185. The Bertz CT molecular complexity index is 549. The zero-order valence-electron chi connectivity index (χ0n) is 9.82. The number of H-pyrrole nitrogens is 1. The van der Waals surface area contributed by atoms with Gasteiger partial charge in [-0.2, -0.15) is 0 Å². The highest BCUT2D eigenvalue weighted by Crippen LogP contribution is 2.13. The van der Waals surface area contributed by atoms with Gasteiger partial charge in [0.05, 0.1) is 5.69 Å². The fourth-order valence-corrected chi connectivity index (χ4v) is 1.70. The van der Waals surface area contributed by atoms with E-state index in [2.05, 4.69) is 18.9 Å². The molecule has 0 unspecified atom stereocenters. The average molecular weight is 216 g/mol. The smallest absolute Gasteiger partial charge is 0.271 e. The SMILES string of the molecule is Cc1ccccc1-n1[nH]c(C(C)C)cc1=O. The molecule has 0 amide bonds. The van der Waals surface area contributed by atoms with Crippen LogP contribution in [0.3, 0.4) is 0 Å². The van der Waals surface area contributed by atoms with Crippen molar-refractivity contribution in [2.45, 2.75) is 26.7 Å². The van der Waals surface area contributed by atoms with E-state index in [4.69, 9.17) is 0 Å². The molecule has 0 aliphatic carbocycles.